The highest BCUT2D eigenvalue weighted by Gasteiger charge is 2.10. The molecule has 0 radical (unpaired) electrons. The fraction of sp³-hybridized carbons (Fsp3) is 1.00. The Morgan fingerprint density at radius 2 is 1.88 bits per heavy atom. The molecule has 0 saturated heterocycles. The van der Waals surface area contributed by atoms with Crippen LogP contribution in [-0.4, -0.2) is 50.3 Å². The van der Waals surface area contributed by atoms with Crippen LogP contribution in [0.25, 0.3) is 0 Å². The van der Waals surface area contributed by atoms with Crippen LogP contribution in [0.5, 0.6) is 0 Å². The molecule has 1 N–H and O–H groups in total. The predicted octanol–water partition coefficient (Wildman–Crippen LogP) is 2.51. The average Bonchev–Trinajstić information content (AvgIpc) is 2.31. The number of nitrogens with zero attached hydrogens (tertiary/aromatic N) is 1. The van der Waals surface area contributed by atoms with Crippen LogP contribution >= 0.6 is 0 Å². The van der Waals surface area contributed by atoms with Crippen molar-refractivity contribution in [3.63, 3.8) is 0 Å². The summed E-state index contributed by atoms with van der Waals surface area (Å²) in [4.78, 5) is 2.50. The molecule has 3 nitrogen and oxygen atoms in total. The van der Waals surface area contributed by atoms with Gasteiger partial charge in [0.05, 0.1) is 6.61 Å². The Morgan fingerprint density at radius 3 is 2.35 bits per heavy atom. The molecule has 0 amide bonds. The average molecular weight is 244 g/mol. The van der Waals surface area contributed by atoms with Gasteiger partial charge in [0.2, 0.25) is 0 Å². The quantitative estimate of drug-likeness (QED) is 0.604. The van der Waals surface area contributed by atoms with Crippen molar-refractivity contribution < 1.29 is 4.74 Å². The first-order valence-corrected chi connectivity index (χ1v) is 7.12. The maximum atomic E-state index is 5.16. The maximum absolute atomic E-state index is 5.16. The largest absolute Gasteiger partial charge is 0.383 e. The monoisotopic (exact) mass is 244 g/mol. The lowest BCUT2D eigenvalue weighted by atomic mass is 10.1. The van der Waals surface area contributed by atoms with Crippen molar-refractivity contribution in [2.45, 2.75) is 59.0 Å². The summed E-state index contributed by atoms with van der Waals surface area (Å²) in [5.41, 5.74) is 0. The third-order valence-corrected chi connectivity index (χ3v) is 3.30. The molecule has 1 unspecified atom stereocenters. The Labute approximate surface area is 108 Å². The highest BCUT2D eigenvalue weighted by Crippen LogP contribution is 2.06. The summed E-state index contributed by atoms with van der Waals surface area (Å²) < 4.78 is 5.16. The molecule has 0 aromatic carbocycles. The van der Waals surface area contributed by atoms with Gasteiger partial charge in [0.25, 0.3) is 0 Å². The van der Waals surface area contributed by atoms with E-state index in [0.29, 0.717) is 12.1 Å². The molecule has 17 heavy (non-hydrogen) atoms. The van der Waals surface area contributed by atoms with E-state index in [9.17, 15) is 0 Å². The molecular formula is C14H32N2O. The molecule has 104 valence electrons. The van der Waals surface area contributed by atoms with Gasteiger partial charge in [-0.3, -0.25) is 4.90 Å². The fourth-order valence-corrected chi connectivity index (χ4v) is 2.12. The van der Waals surface area contributed by atoms with E-state index in [-0.39, 0.29) is 0 Å². The summed E-state index contributed by atoms with van der Waals surface area (Å²) in [5.74, 6) is 0. The van der Waals surface area contributed by atoms with Gasteiger partial charge < -0.3 is 10.1 Å². The van der Waals surface area contributed by atoms with Gasteiger partial charge in [-0.2, -0.15) is 0 Å². The van der Waals surface area contributed by atoms with E-state index in [4.69, 9.17) is 4.74 Å². The molecule has 0 bridgehead atoms. The first-order valence-electron chi connectivity index (χ1n) is 7.12. The van der Waals surface area contributed by atoms with Crippen LogP contribution in [0.15, 0.2) is 0 Å². The van der Waals surface area contributed by atoms with Crippen LogP contribution in [0, 0.1) is 0 Å². The van der Waals surface area contributed by atoms with E-state index >= 15 is 0 Å². The smallest absolute Gasteiger partial charge is 0.0589 e. The van der Waals surface area contributed by atoms with Gasteiger partial charge in [0, 0.05) is 25.7 Å². The molecule has 0 heterocycles. The third-order valence-electron chi connectivity index (χ3n) is 3.30. The zero-order valence-electron chi connectivity index (χ0n) is 12.5. The van der Waals surface area contributed by atoms with Crippen LogP contribution in [0.2, 0.25) is 0 Å². The van der Waals surface area contributed by atoms with Gasteiger partial charge in [0.15, 0.2) is 0 Å². The summed E-state index contributed by atoms with van der Waals surface area (Å²) in [6.07, 6.45) is 3.78. The maximum Gasteiger partial charge on any atom is 0.0589 e. The van der Waals surface area contributed by atoms with E-state index in [2.05, 4.69) is 37.9 Å². The van der Waals surface area contributed by atoms with Crippen LogP contribution in [0.4, 0.5) is 0 Å². The SMILES string of the molecule is CCNC(CC)CCCN(CCOC)C(C)C. The third kappa shape index (κ3) is 8.58. The molecular weight excluding hydrogens is 212 g/mol. The molecule has 0 aliphatic heterocycles. The number of methoxy groups -OCH3 is 1. The number of hydrogen-bond acceptors (Lipinski definition) is 3. The molecule has 0 spiro atoms. The number of nitrogens with one attached hydrogen (secondary N) is 1. The standard InChI is InChI=1S/C14H32N2O/c1-6-14(15-7-2)9-8-10-16(13(3)4)11-12-17-5/h13-15H,6-12H2,1-5H3. The molecule has 1 atom stereocenters. The van der Waals surface area contributed by atoms with Crippen molar-refractivity contribution in [2.75, 3.05) is 33.4 Å². The Hall–Kier alpha value is -0.120. The summed E-state index contributed by atoms with van der Waals surface area (Å²) in [6.45, 7) is 13.1. The lowest BCUT2D eigenvalue weighted by Crippen LogP contribution is -2.36. The summed E-state index contributed by atoms with van der Waals surface area (Å²) in [6, 6.07) is 1.31. The van der Waals surface area contributed by atoms with Crippen LogP contribution in [0.3, 0.4) is 0 Å². The van der Waals surface area contributed by atoms with Gasteiger partial charge >= 0.3 is 0 Å². The van der Waals surface area contributed by atoms with Crippen molar-refractivity contribution in [3.05, 3.63) is 0 Å². The highest BCUT2D eigenvalue weighted by molar-refractivity contribution is 4.67. The van der Waals surface area contributed by atoms with E-state index in [1.165, 1.54) is 25.8 Å². The highest BCUT2D eigenvalue weighted by atomic mass is 16.5. The minimum atomic E-state index is 0.615. The first kappa shape index (κ1) is 16.9. The minimum absolute atomic E-state index is 0.615. The molecule has 3 heteroatoms. The Balaban J connectivity index is 3.79. The van der Waals surface area contributed by atoms with Gasteiger partial charge in [-0.05, 0) is 46.2 Å². The second-order valence-electron chi connectivity index (χ2n) is 4.93. The molecule has 0 fully saturated rings. The first-order chi connectivity index (χ1) is 8.15. The second-order valence-corrected chi connectivity index (χ2v) is 4.93. The van der Waals surface area contributed by atoms with Crippen molar-refractivity contribution in [1.29, 1.82) is 0 Å². The molecule has 0 aliphatic rings. The lowest BCUT2D eigenvalue weighted by molar-refractivity contribution is 0.127. The Kier molecular flexibility index (Phi) is 10.9. The van der Waals surface area contributed by atoms with Crippen molar-refractivity contribution >= 4 is 0 Å². The predicted molar refractivity (Wildman–Crippen MR) is 75.6 cm³/mol. The fourth-order valence-electron chi connectivity index (χ4n) is 2.12. The number of rotatable bonds is 11. The molecule has 0 saturated carbocycles. The molecule has 0 rings (SSSR count). The molecule has 0 aromatic heterocycles. The van der Waals surface area contributed by atoms with E-state index in [1.807, 2.05) is 0 Å². The number of hydrogen-bond donors (Lipinski definition) is 1. The van der Waals surface area contributed by atoms with E-state index in [0.717, 1.165) is 19.7 Å². The molecule has 0 aromatic rings. The Bertz CT molecular complexity index is 162. The van der Waals surface area contributed by atoms with Crippen molar-refractivity contribution in [2.24, 2.45) is 0 Å². The van der Waals surface area contributed by atoms with E-state index in [1.54, 1.807) is 7.11 Å². The number of ether oxygens (including phenoxy) is 1. The van der Waals surface area contributed by atoms with Gasteiger partial charge in [0.1, 0.15) is 0 Å². The molecule has 0 aliphatic carbocycles. The second kappa shape index (κ2) is 11.0. The summed E-state index contributed by atoms with van der Waals surface area (Å²) in [5, 5.41) is 3.54. The summed E-state index contributed by atoms with van der Waals surface area (Å²) in [7, 11) is 1.77. The summed E-state index contributed by atoms with van der Waals surface area (Å²) >= 11 is 0. The lowest BCUT2D eigenvalue weighted by Gasteiger charge is -2.27. The minimum Gasteiger partial charge on any atom is -0.383 e. The van der Waals surface area contributed by atoms with Crippen molar-refractivity contribution in [3.8, 4) is 0 Å². The van der Waals surface area contributed by atoms with E-state index < -0.39 is 0 Å². The Morgan fingerprint density at radius 1 is 1.18 bits per heavy atom. The normalized spacial score (nSPS) is 13.6. The topological polar surface area (TPSA) is 24.5 Å². The van der Waals surface area contributed by atoms with Crippen molar-refractivity contribution in [1.82, 2.24) is 10.2 Å². The van der Waals surface area contributed by atoms with Gasteiger partial charge in [-0.15, -0.1) is 0 Å². The van der Waals surface area contributed by atoms with Crippen LogP contribution in [-0.2, 0) is 4.74 Å². The van der Waals surface area contributed by atoms with Gasteiger partial charge in [-0.1, -0.05) is 13.8 Å². The zero-order chi connectivity index (χ0) is 13.1. The van der Waals surface area contributed by atoms with Crippen LogP contribution < -0.4 is 5.32 Å². The van der Waals surface area contributed by atoms with Crippen LogP contribution in [0.1, 0.15) is 47.0 Å². The zero-order valence-corrected chi connectivity index (χ0v) is 12.5. The van der Waals surface area contributed by atoms with Gasteiger partial charge in [-0.25, -0.2) is 0 Å².